The molecule has 252 valence electrons. The Kier molecular flexibility index (Phi) is 10.2. The van der Waals surface area contributed by atoms with Crippen molar-refractivity contribution in [1.82, 2.24) is 29.6 Å². The maximum Gasteiger partial charge on any atom is 0.257 e. The topological polar surface area (TPSA) is 65.0 Å². The molecule has 9 heteroatoms. The highest BCUT2D eigenvalue weighted by molar-refractivity contribution is 5.96. The molecule has 0 unspecified atom stereocenters. The first-order valence-electron chi connectivity index (χ1n) is 17.3. The molecular weight excluding hydrogens is 591 g/mol. The summed E-state index contributed by atoms with van der Waals surface area (Å²) in [4.78, 5) is 31.9. The molecule has 0 spiro atoms. The smallest absolute Gasteiger partial charge is 0.257 e. The van der Waals surface area contributed by atoms with Gasteiger partial charge in [-0.25, -0.2) is 14.4 Å². The van der Waals surface area contributed by atoms with Gasteiger partial charge in [-0.05, 0) is 108 Å². The molecule has 0 bridgehead atoms. The van der Waals surface area contributed by atoms with Crippen molar-refractivity contribution in [2.45, 2.75) is 77.5 Å². The SMILES string of the molecule is COc1ccc(CN2CCC([C@H](c3cccc(F)c3)N3CCN(C4(C)CCN(C(=O)c5c(C)ncnc5C)CC4)C[C@@H]3C)CC2)cc1. The standard InChI is InChI=1S/C38H51FN6O2/c1-27-24-44(38(4)15-19-43(20-16-38)37(46)35-28(2)40-26-41-29(35)3)21-22-45(27)36(32-7-6-8-33(39)23-32)31-13-17-42(18-14-31)25-30-9-11-34(47-5)12-10-30/h6-12,23,26-27,31,36H,13-22,24-25H2,1-5H3/t27-,36+/m0/s1. The molecule has 3 aliphatic heterocycles. The van der Waals surface area contributed by atoms with E-state index in [-0.39, 0.29) is 23.3 Å². The third-order valence-electron chi connectivity index (χ3n) is 11.2. The van der Waals surface area contributed by atoms with Crippen LogP contribution in [0.3, 0.4) is 0 Å². The minimum Gasteiger partial charge on any atom is -0.497 e. The van der Waals surface area contributed by atoms with Crippen LogP contribution in [0, 0.1) is 25.6 Å². The highest BCUT2D eigenvalue weighted by Crippen LogP contribution is 2.40. The van der Waals surface area contributed by atoms with Gasteiger partial charge < -0.3 is 9.64 Å². The van der Waals surface area contributed by atoms with Gasteiger partial charge in [-0.3, -0.25) is 19.5 Å². The van der Waals surface area contributed by atoms with Crippen molar-refractivity contribution in [1.29, 1.82) is 0 Å². The van der Waals surface area contributed by atoms with E-state index in [2.05, 4.69) is 56.7 Å². The maximum absolute atomic E-state index is 14.6. The Balaban J connectivity index is 1.10. The van der Waals surface area contributed by atoms with Crippen molar-refractivity contribution in [2.24, 2.45) is 5.92 Å². The van der Waals surface area contributed by atoms with Crippen LogP contribution < -0.4 is 4.74 Å². The van der Waals surface area contributed by atoms with Crippen molar-refractivity contribution in [3.8, 4) is 5.75 Å². The minimum atomic E-state index is -0.156. The lowest BCUT2D eigenvalue weighted by Gasteiger charge is -2.54. The number of aryl methyl sites for hydroxylation is 2. The van der Waals surface area contributed by atoms with Crippen molar-refractivity contribution in [2.75, 3.05) is 52.9 Å². The number of likely N-dealkylation sites (tertiary alicyclic amines) is 2. The number of methoxy groups -OCH3 is 1. The van der Waals surface area contributed by atoms with Crippen LogP contribution in [0.15, 0.2) is 54.9 Å². The minimum absolute atomic E-state index is 0.0373. The molecule has 1 amide bonds. The predicted octanol–water partition coefficient (Wildman–Crippen LogP) is 5.90. The monoisotopic (exact) mass is 642 g/mol. The van der Waals surface area contributed by atoms with Gasteiger partial charge in [0.05, 0.1) is 24.1 Å². The third kappa shape index (κ3) is 7.37. The summed E-state index contributed by atoms with van der Waals surface area (Å²) in [6.45, 7) is 15.9. The van der Waals surface area contributed by atoms with Crippen molar-refractivity contribution >= 4 is 5.91 Å². The normalized spacial score (nSPS) is 22.3. The van der Waals surface area contributed by atoms with Gasteiger partial charge in [0.2, 0.25) is 0 Å². The number of piperazine rings is 1. The molecule has 1 aromatic heterocycles. The number of hydrogen-bond acceptors (Lipinski definition) is 7. The molecule has 6 rings (SSSR count). The lowest BCUT2D eigenvalue weighted by Crippen LogP contribution is -2.63. The number of carbonyl (C=O) groups excluding carboxylic acids is 1. The number of amides is 1. The van der Waals surface area contributed by atoms with E-state index >= 15 is 0 Å². The number of aromatic nitrogens is 2. The van der Waals surface area contributed by atoms with Gasteiger partial charge in [0.15, 0.2) is 0 Å². The molecular formula is C38H51FN6O2. The zero-order chi connectivity index (χ0) is 33.1. The Morgan fingerprint density at radius 3 is 2.28 bits per heavy atom. The summed E-state index contributed by atoms with van der Waals surface area (Å²) in [5, 5.41) is 0. The van der Waals surface area contributed by atoms with Crippen LogP contribution in [0.1, 0.15) is 78.4 Å². The summed E-state index contributed by atoms with van der Waals surface area (Å²) < 4.78 is 20.0. The lowest BCUT2D eigenvalue weighted by molar-refractivity contribution is -0.0439. The first-order valence-corrected chi connectivity index (χ1v) is 17.3. The second-order valence-corrected chi connectivity index (χ2v) is 14.2. The van der Waals surface area contributed by atoms with Crippen LogP contribution >= 0.6 is 0 Å². The molecule has 0 radical (unpaired) electrons. The zero-order valence-corrected chi connectivity index (χ0v) is 28.8. The Bertz CT molecular complexity index is 1500. The van der Waals surface area contributed by atoms with E-state index in [0.29, 0.717) is 17.5 Å². The number of benzene rings is 2. The number of nitrogens with zero attached hydrogens (tertiary/aromatic N) is 6. The highest BCUT2D eigenvalue weighted by atomic mass is 19.1. The van der Waals surface area contributed by atoms with Crippen LogP contribution in [0.5, 0.6) is 5.75 Å². The van der Waals surface area contributed by atoms with E-state index in [1.165, 1.54) is 11.9 Å². The van der Waals surface area contributed by atoms with Gasteiger partial charge in [-0.2, -0.15) is 0 Å². The molecule has 2 atom stereocenters. The number of piperidine rings is 2. The summed E-state index contributed by atoms with van der Waals surface area (Å²) in [7, 11) is 1.70. The fourth-order valence-corrected chi connectivity index (χ4v) is 8.28. The molecule has 3 saturated heterocycles. The molecule has 3 aromatic rings. The number of halogens is 1. The number of rotatable bonds is 8. The molecule has 2 aromatic carbocycles. The van der Waals surface area contributed by atoms with E-state index in [1.807, 2.05) is 36.9 Å². The Labute approximate surface area is 279 Å². The van der Waals surface area contributed by atoms with E-state index in [9.17, 15) is 9.18 Å². The summed E-state index contributed by atoms with van der Waals surface area (Å²) in [5.74, 6) is 1.25. The molecule has 4 heterocycles. The van der Waals surface area contributed by atoms with Crippen LogP contribution in [-0.2, 0) is 6.54 Å². The van der Waals surface area contributed by atoms with Gasteiger partial charge in [0.25, 0.3) is 5.91 Å². The summed E-state index contributed by atoms with van der Waals surface area (Å²) in [6.07, 6.45) is 5.60. The maximum atomic E-state index is 14.6. The van der Waals surface area contributed by atoms with Gasteiger partial charge in [0.1, 0.15) is 17.9 Å². The molecule has 8 nitrogen and oxygen atoms in total. The van der Waals surface area contributed by atoms with E-state index in [1.54, 1.807) is 19.2 Å². The Morgan fingerprint density at radius 2 is 1.66 bits per heavy atom. The molecule has 0 aliphatic carbocycles. The second-order valence-electron chi connectivity index (χ2n) is 14.2. The summed E-state index contributed by atoms with van der Waals surface area (Å²) >= 11 is 0. The van der Waals surface area contributed by atoms with E-state index in [4.69, 9.17) is 4.74 Å². The van der Waals surface area contributed by atoms with Gasteiger partial charge in [-0.15, -0.1) is 0 Å². The van der Waals surface area contributed by atoms with Gasteiger partial charge >= 0.3 is 0 Å². The number of carbonyl (C=O) groups is 1. The summed E-state index contributed by atoms with van der Waals surface area (Å²) in [5.41, 5.74) is 4.59. The number of hydrogen-bond donors (Lipinski definition) is 0. The molecule has 47 heavy (non-hydrogen) atoms. The molecule has 3 aliphatic rings. The van der Waals surface area contributed by atoms with Crippen molar-refractivity contribution < 1.29 is 13.9 Å². The predicted molar refractivity (Wildman–Crippen MR) is 183 cm³/mol. The summed E-state index contributed by atoms with van der Waals surface area (Å²) in [6, 6.07) is 16.2. The number of ether oxygens (including phenoxy) is 1. The molecule has 3 fully saturated rings. The second kappa shape index (κ2) is 14.4. The van der Waals surface area contributed by atoms with E-state index < -0.39 is 0 Å². The lowest BCUT2D eigenvalue weighted by atomic mass is 9.82. The van der Waals surface area contributed by atoms with Crippen LogP contribution in [0.25, 0.3) is 0 Å². The quantitative estimate of drug-likeness (QED) is 0.304. The highest BCUT2D eigenvalue weighted by Gasteiger charge is 2.43. The largest absolute Gasteiger partial charge is 0.497 e. The van der Waals surface area contributed by atoms with Crippen molar-refractivity contribution in [3.05, 3.63) is 88.8 Å². The van der Waals surface area contributed by atoms with Gasteiger partial charge in [0, 0.05) is 56.9 Å². The Morgan fingerprint density at radius 1 is 0.979 bits per heavy atom. The first-order chi connectivity index (χ1) is 22.6. The van der Waals surface area contributed by atoms with Crippen molar-refractivity contribution in [3.63, 3.8) is 0 Å². The average Bonchev–Trinajstić information content (AvgIpc) is 3.07. The third-order valence-corrected chi connectivity index (χ3v) is 11.2. The fourth-order valence-electron chi connectivity index (χ4n) is 8.28. The molecule has 0 N–H and O–H groups in total. The average molecular weight is 643 g/mol. The van der Waals surface area contributed by atoms with Crippen LogP contribution in [-0.4, -0.2) is 100.0 Å². The van der Waals surface area contributed by atoms with Crippen LogP contribution in [0.2, 0.25) is 0 Å². The van der Waals surface area contributed by atoms with Gasteiger partial charge in [-0.1, -0.05) is 24.3 Å². The molecule has 0 saturated carbocycles. The fraction of sp³-hybridized carbons (Fsp3) is 0.553. The van der Waals surface area contributed by atoms with Crippen LogP contribution in [0.4, 0.5) is 4.39 Å². The van der Waals surface area contributed by atoms with E-state index in [0.717, 1.165) is 101 Å². The first kappa shape index (κ1) is 33.5. The Hall–Kier alpha value is -3.40. The zero-order valence-electron chi connectivity index (χ0n) is 28.8.